The van der Waals surface area contributed by atoms with Gasteiger partial charge in [-0.2, -0.15) is 0 Å². The van der Waals surface area contributed by atoms with Crippen LogP contribution in [-0.4, -0.2) is 23.9 Å². The van der Waals surface area contributed by atoms with Gasteiger partial charge in [0.2, 0.25) is 0 Å². The minimum absolute atomic E-state index is 0. The topological polar surface area (TPSA) is 94.5 Å². The number of carbonyl (C=O) groups excluding carboxylic acids is 1. The summed E-state index contributed by atoms with van der Waals surface area (Å²) in [4.78, 5) is 11.1. The van der Waals surface area contributed by atoms with E-state index < -0.39 is 16.0 Å². The molecule has 0 spiro atoms. The molecule has 0 radical (unpaired) electrons. The molecule has 3 rings (SSSR count). The minimum atomic E-state index is -4.66. The van der Waals surface area contributed by atoms with Crippen LogP contribution in [0.4, 0.5) is 0 Å². The third-order valence-electron chi connectivity index (χ3n) is 4.13. The number of ketones is 1. The number of phenolic OH excluding ortho intramolecular Hbond substituents is 1. The van der Waals surface area contributed by atoms with E-state index in [1.165, 1.54) is 36.4 Å². The Balaban J connectivity index is 0.00000243. The molecule has 1 atom stereocenters. The van der Waals surface area contributed by atoms with Crippen LogP contribution in [0.2, 0.25) is 0 Å². The fraction of sp³-hybridized carbons (Fsp3) is 0.105. The van der Waals surface area contributed by atoms with Crippen molar-refractivity contribution in [3.63, 3.8) is 0 Å². The first-order valence-electron chi connectivity index (χ1n) is 7.60. The summed E-state index contributed by atoms with van der Waals surface area (Å²) in [5.74, 6) is -0.853. The molecule has 2 aromatic carbocycles. The summed E-state index contributed by atoms with van der Waals surface area (Å²) < 4.78 is 35.1. The molecule has 0 saturated carbocycles. The van der Waals surface area contributed by atoms with E-state index in [-0.39, 0.29) is 51.9 Å². The van der Waals surface area contributed by atoms with E-state index in [0.717, 1.165) is 5.56 Å². The van der Waals surface area contributed by atoms with Crippen molar-refractivity contribution in [1.29, 1.82) is 0 Å². The molecule has 1 unspecified atom stereocenters. The van der Waals surface area contributed by atoms with E-state index in [1.807, 2.05) is 0 Å². The van der Waals surface area contributed by atoms with Crippen molar-refractivity contribution in [2.75, 3.05) is 0 Å². The largest absolute Gasteiger partial charge is 1.00 e. The second-order valence-corrected chi connectivity index (χ2v) is 7.11. The molecular weight excluding hydrogens is 363 g/mol. The van der Waals surface area contributed by atoms with Crippen LogP contribution in [0.15, 0.2) is 77.7 Å². The molecule has 0 amide bonds. The number of benzene rings is 2. The third kappa shape index (κ3) is 4.52. The van der Waals surface area contributed by atoms with Crippen LogP contribution in [0.5, 0.6) is 5.75 Å². The molecular formula is C19H15NaO5S. The first kappa shape index (κ1) is 20.6. The average molecular weight is 378 g/mol. The number of phenols is 1. The molecule has 1 aliphatic carbocycles. The van der Waals surface area contributed by atoms with Crippen molar-refractivity contribution in [3.05, 3.63) is 84.0 Å². The van der Waals surface area contributed by atoms with Crippen molar-refractivity contribution < 1.29 is 52.4 Å². The van der Waals surface area contributed by atoms with Crippen molar-refractivity contribution in [3.8, 4) is 5.75 Å². The SMILES string of the molecule is O=C1C=CC(C(c2ccc(O)cc2)c2ccccc2S(=O)(=O)[O-])C=C1.[Na+]. The Morgan fingerprint density at radius 2 is 1.54 bits per heavy atom. The Labute approximate surface area is 174 Å². The predicted molar refractivity (Wildman–Crippen MR) is 91.1 cm³/mol. The number of rotatable bonds is 4. The van der Waals surface area contributed by atoms with Crippen molar-refractivity contribution in [2.24, 2.45) is 5.92 Å². The maximum atomic E-state index is 11.7. The number of allylic oxidation sites excluding steroid dienone is 4. The summed E-state index contributed by atoms with van der Waals surface area (Å²) in [6, 6.07) is 12.4. The molecule has 5 nitrogen and oxygen atoms in total. The number of hydrogen-bond acceptors (Lipinski definition) is 5. The Hall–Kier alpha value is -1.70. The van der Waals surface area contributed by atoms with Crippen LogP contribution >= 0.6 is 0 Å². The van der Waals surface area contributed by atoms with E-state index in [4.69, 9.17) is 0 Å². The van der Waals surface area contributed by atoms with Crippen molar-refractivity contribution in [2.45, 2.75) is 10.8 Å². The molecule has 0 saturated heterocycles. The maximum Gasteiger partial charge on any atom is 1.00 e. The summed E-state index contributed by atoms with van der Waals surface area (Å²) in [5, 5.41) is 9.52. The van der Waals surface area contributed by atoms with Gasteiger partial charge in [-0.05, 0) is 41.5 Å². The molecule has 26 heavy (non-hydrogen) atoms. The van der Waals surface area contributed by atoms with Gasteiger partial charge in [-0.25, -0.2) is 8.42 Å². The molecule has 0 heterocycles. The third-order valence-corrected chi connectivity index (χ3v) is 5.04. The van der Waals surface area contributed by atoms with E-state index in [9.17, 15) is 22.9 Å². The van der Waals surface area contributed by atoms with Crippen molar-refractivity contribution >= 4 is 15.9 Å². The van der Waals surface area contributed by atoms with E-state index in [0.29, 0.717) is 5.56 Å². The Morgan fingerprint density at radius 3 is 2.12 bits per heavy atom. The standard InChI is InChI=1S/C19H16O5S.Na/c20-15-9-5-13(6-10-15)19(14-7-11-16(21)12-8-14)17-3-1-2-4-18(17)25(22,23)24;/h1-13,19,21H,(H,22,23,24);/q;+1/p-1. The Morgan fingerprint density at radius 1 is 0.962 bits per heavy atom. The van der Waals surface area contributed by atoms with Gasteiger partial charge in [0.25, 0.3) is 0 Å². The summed E-state index contributed by atoms with van der Waals surface area (Å²) >= 11 is 0. The normalized spacial score (nSPS) is 15.5. The maximum absolute atomic E-state index is 11.7. The first-order valence-corrected chi connectivity index (χ1v) is 9.01. The second kappa shape index (κ2) is 8.33. The summed E-state index contributed by atoms with van der Waals surface area (Å²) in [5.41, 5.74) is 1.08. The van der Waals surface area contributed by atoms with Crippen LogP contribution in [-0.2, 0) is 14.9 Å². The van der Waals surface area contributed by atoms with Crippen LogP contribution in [0, 0.1) is 5.92 Å². The van der Waals surface area contributed by atoms with Gasteiger partial charge in [-0.15, -0.1) is 0 Å². The molecule has 7 heteroatoms. The first-order chi connectivity index (χ1) is 11.9. The number of hydrogen-bond donors (Lipinski definition) is 1. The van der Waals surface area contributed by atoms with Crippen LogP contribution in [0.3, 0.4) is 0 Å². The van der Waals surface area contributed by atoms with Gasteiger partial charge in [0, 0.05) is 11.8 Å². The molecule has 0 aliphatic heterocycles. The zero-order valence-corrected chi connectivity index (χ0v) is 16.9. The second-order valence-electron chi connectivity index (χ2n) is 5.76. The summed E-state index contributed by atoms with van der Waals surface area (Å²) in [7, 11) is -4.66. The Bertz CT molecular complexity index is 946. The van der Waals surface area contributed by atoms with E-state index in [2.05, 4.69) is 0 Å². The fourth-order valence-corrected chi connectivity index (χ4v) is 3.74. The monoisotopic (exact) mass is 378 g/mol. The minimum Gasteiger partial charge on any atom is -0.744 e. The van der Waals surface area contributed by atoms with Gasteiger partial charge >= 0.3 is 29.6 Å². The quantitative estimate of drug-likeness (QED) is 0.585. The number of carbonyl (C=O) groups is 1. The predicted octanol–water partition coefficient (Wildman–Crippen LogP) is -0.257. The molecule has 128 valence electrons. The van der Waals surface area contributed by atoms with Gasteiger partial charge in [-0.3, -0.25) is 4.79 Å². The molecule has 1 N–H and O–H groups in total. The summed E-state index contributed by atoms with van der Waals surface area (Å²) in [6.45, 7) is 0. The van der Waals surface area contributed by atoms with Crippen LogP contribution in [0.25, 0.3) is 0 Å². The van der Waals surface area contributed by atoms with E-state index in [1.54, 1.807) is 36.4 Å². The van der Waals surface area contributed by atoms with Gasteiger partial charge in [0.15, 0.2) is 5.78 Å². The molecule has 0 bridgehead atoms. The van der Waals surface area contributed by atoms with Crippen molar-refractivity contribution in [1.82, 2.24) is 0 Å². The van der Waals surface area contributed by atoms with E-state index >= 15 is 0 Å². The van der Waals surface area contributed by atoms with Crippen LogP contribution < -0.4 is 29.6 Å². The van der Waals surface area contributed by atoms with Gasteiger partial charge in [0.05, 0.1) is 4.90 Å². The smallest absolute Gasteiger partial charge is 0.744 e. The van der Waals surface area contributed by atoms with Gasteiger partial charge in [0.1, 0.15) is 15.9 Å². The van der Waals surface area contributed by atoms with Gasteiger partial charge in [-0.1, -0.05) is 42.5 Å². The Kier molecular flexibility index (Phi) is 6.60. The number of aromatic hydroxyl groups is 1. The molecule has 2 aromatic rings. The fourth-order valence-electron chi connectivity index (χ4n) is 3.01. The summed E-state index contributed by atoms with van der Waals surface area (Å²) in [6.07, 6.45) is 6.22. The molecule has 1 aliphatic rings. The average Bonchev–Trinajstić information content (AvgIpc) is 2.58. The molecule has 0 aromatic heterocycles. The van der Waals surface area contributed by atoms with Gasteiger partial charge < -0.3 is 9.66 Å². The zero-order valence-electron chi connectivity index (χ0n) is 14.1. The van der Waals surface area contributed by atoms with Crippen LogP contribution in [0.1, 0.15) is 17.0 Å². The molecule has 0 fully saturated rings. The zero-order chi connectivity index (χ0) is 18.0.